The first kappa shape index (κ1) is 12.9. The fraction of sp³-hybridized carbons (Fsp3) is 0.417. The van der Waals surface area contributed by atoms with Crippen molar-refractivity contribution in [1.82, 2.24) is 10.2 Å². The van der Waals surface area contributed by atoms with Crippen LogP contribution in [0.3, 0.4) is 0 Å². The first-order valence-electron chi connectivity index (χ1n) is 5.55. The minimum atomic E-state index is 0.0349. The molecule has 1 heterocycles. The summed E-state index contributed by atoms with van der Waals surface area (Å²) in [6.07, 6.45) is 0. The minimum absolute atomic E-state index is 0.0349. The van der Waals surface area contributed by atoms with Gasteiger partial charge in [0.15, 0.2) is 0 Å². The quantitative estimate of drug-likeness (QED) is 0.863. The summed E-state index contributed by atoms with van der Waals surface area (Å²) in [4.78, 5) is 14.2. The Labute approximate surface area is 114 Å². The molecule has 92 valence electrons. The highest BCUT2D eigenvalue weighted by Crippen LogP contribution is 2.23. The minimum Gasteiger partial charge on any atom is -0.336 e. The van der Waals surface area contributed by atoms with E-state index < -0.39 is 0 Å². The van der Waals surface area contributed by atoms with Gasteiger partial charge in [0.05, 0.1) is 5.56 Å². The molecule has 1 fully saturated rings. The van der Waals surface area contributed by atoms with Crippen LogP contribution >= 0.6 is 27.5 Å². The zero-order valence-corrected chi connectivity index (χ0v) is 11.9. The van der Waals surface area contributed by atoms with Crippen molar-refractivity contribution in [2.24, 2.45) is 0 Å². The van der Waals surface area contributed by atoms with Gasteiger partial charge in [0.25, 0.3) is 5.91 Å². The largest absolute Gasteiger partial charge is 0.336 e. The van der Waals surface area contributed by atoms with Crippen LogP contribution in [-0.2, 0) is 0 Å². The van der Waals surface area contributed by atoms with Gasteiger partial charge in [0.1, 0.15) is 0 Å². The molecule has 1 aliphatic heterocycles. The molecule has 5 heteroatoms. The van der Waals surface area contributed by atoms with Gasteiger partial charge in [-0.05, 0) is 41.1 Å². The summed E-state index contributed by atoms with van der Waals surface area (Å²) >= 11 is 9.32. The zero-order valence-electron chi connectivity index (χ0n) is 9.54. The normalized spacial score (nSPS) is 20.4. The SMILES string of the molecule is C[C@H]1CN(C(=O)c2cc(Cl)ccc2Br)CCN1. The third kappa shape index (κ3) is 3.00. The van der Waals surface area contributed by atoms with Crippen LogP contribution in [-0.4, -0.2) is 36.5 Å². The Kier molecular flexibility index (Phi) is 4.07. The smallest absolute Gasteiger partial charge is 0.255 e. The van der Waals surface area contributed by atoms with Crippen LogP contribution in [0.25, 0.3) is 0 Å². The van der Waals surface area contributed by atoms with E-state index in [2.05, 4.69) is 28.2 Å². The van der Waals surface area contributed by atoms with E-state index >= 15 is 0 Å². The first-order valence-corrected chi connectivity index (χ1v) is 6.72. The van der Waals surface area contributed by atoms with E-state index in [4.69, 9.17) is 11.6 Å². The molecule has 17 heavy (non-hydrogen) atoms. The summed E-state index contributed by atoms with van der Waals surface area (Å²) in [6, 6.07) is 5.62. The van der Waals surface area contributed by atoms with E-state index in [9.17, 15) is 4.79 Å². The van der Waals surface area contributed by atoms with Gasteiger partial charge < -0.3 is 10.2 Å². The standard InChI is InChI=1S/C12H14BrClN2O/c1-8-7-16(5-4-15-8)12(17)10-6-9(14)2-3-11(10)13/h2-3,6,8,15H,4-5,7H2,1H3/t8-/m0/s1. The Bertz CT molecular complexity index is 439. The molecule has 0 aromatic heterocycles. The van der Waals surface area contributed by atoms with Gasteiger partial charge >= 0.3 is 0 Å². The highest BCUT2D eigenvalue weighted by molar-refractivity contribution is 9.10. The molecular formula is C12H14BrClN2O. The van der Waals surface area contributed by atoms with Crippen molar-refractivity contribution in [3.63, 3.8) is 0 Å². The molecule has 0 unspecified atom stereocenters. The fourth-order valence-corrected chi connectivity index (χ4v) is 2.54. The molecular weight excluding hydrogens is 304 g/mol. The molecule has 0 saturated carbocycles. The van der Waals surface area contributed by atoms with Crippen LogP contribution in [0.5, 0.6) is 0 Å². The predicted molar refractivity (Wildman–Crippen MR) is 72.5 cm³/mol. The first-order chi connectivity index (χ1) is 8.08. The predicted octanol–water partition coefficient (Wildman–Crippen LogP) is 2.54. The van der Waals surface area contributed by atoms with Crippen molar-refractivity contribution in [1.29, 1.82) is 0 Å². The highest BCUT2D eigenvalue weighted by Gasteiger charge is 2.23. The second-order valence-corrected chi connectivity index (χ2v) is 5.52. The van der Waals surface area contributed by atoms with Gasteiger partial charge in [0, 0.05) is 35.2 Å². The summed E-state index contributed by atoms with van der Waals surface area (Å²) < 4.78 is 0.790. The molecule has 1 saturated heterocycles. The molecule has 1 N–H and O–H groups in total. The van der Waals surface area contributed by atoms with Crippen molar-refractivity contribution >= 4 is 33.4 Å². The lowest BCUT2D eigenvalue weighted by Crippen LogP contribution is -2.51. The van der Waals surface area contributed by atoms with Crippen molar-refractivity contribution < 1.29 is 4.79 Å². The maximum atomic E-state index is 12.3. The van der Waals surface area contributed by atoms with Crippen LogP contribution in [0.15, 0.2) is 22.7 Å². The Morgan fingerprint density at radius 1 is 1.59 bits per heavy atom. The van der Waals surface area contributed by atoms with Gasteiger partial charge in [-0.15, -0.1) is 0 Å². The van der Waals surface area contributed by atoms with Gasteiger partial charge in [0.2, 0.25) is 0 Å². The molecule has 0 radical (unpaired) electrons. The van der Waals surface area contributed by atoms with E-state index in [-0.39, 0.29) is 5.91 Å². The second-order valence-electron chi connectivity index (χ2n) is 4.23. The molecule has 2 rings (SSSR count). The van der Waals surface area contributed by atoms with Gasteiger partial charge in [-0.3, -0.25) is 4.79 Å². The van der Waals surface area contributed by atoms with Gasteiger partial charge in [-0.1, -0.05) is 11.6 Å². The molecule has 3 nitrogen and oxygen atoms in total. The summed E-state index contributed by atoms with van der Waals surface area (Å²) in [5.74, 6) is 0.0349. The number of carbonyl (C=O) groups excluding carboxylic acids is 1. The van der Waals surface area contributed by atoms with Crippen molar-refractivity contribution in [3.05, 3.63) is 33.3 Å². The molecule has 1 aliphatic rings. The van der Waals surface area contributed by atoms with E-state index in [1.165, 1.54) is 0 Å². The van der Waals surface area contributed by atoms with Crippen LogP contribution in [0.4, 0.5) is 0 Å². The van der Waals surface area contributed by atoms with E-state index in [0.717, 1.165) is 24.1 Å². The third-order valence-corrected chi connectivity index (χ3v) is 3.74. The Morgan fingerprint density at radius 3 is 3.06 bits per heavy atom. The van der Waals surface area contributed by atoms with E-state index in [1.54, 1.807) is 18.2 Å². The second kappa shape index (κ2) is 5.38. The number of amides is 1. The number of carbonyl (C=O) groups is 1. The van der Waals surface area contributed by atoms with Crippen molar-refractivity contribution in [3.8, 4) is 0 Å². The molecule has 0 aliphatic carbocycles. The molecule has 1 atom stereocenters. The lowest BCUT2D eigenvalue weighted by molar-refractivity contribution is 0.0708. The third-order valence-electron chi connectivity index (χ3n) is 2.81. The van der Waals surface area contributed by atoms with Gasteiger partial charge in [-0.2, -0.15) is 0 Å². The van der Waals surface area contributed by atoms with E-state index in [0.29, 0.717) is 16.6 Å². The van der Waals surface area contributed by atoms with E-state index in [1.807, 2.05) is 4.90 Å². The van der Waals surface area contributed by atoms with Gasteiger partial charge in [-0.25, -0.2) is 0 Å². The number of benzene rings is 1. The summed E-state index contributed by atoms with van der Waals surface area (Å²) in [6.45, 7) is 4.39. The average Bonchev–Trinajstić information content (AvgIpc) is 2.31. The number of nitrogens with zero attached hydrogens (tertiary/aromatic N) is 1. The zero-order chi connectivity index (χ0) is 12.4. The van der Waals surface area contributed by atoms with Crippen LogP contribution in [0.1, 0.15) is 17.3 Å². The number of piperazine rings is 1. The maximum absolute atomic E-state index is 12.3. The number of hydrogen-bond acceptors (Lipinski definition) is 2. The van der Waals surface area contributed by atoms with Crippen LogP contribution in [0.2, 0.25) is 5.02 Å². The lowest BCUT2D eigenvalue weighted by atomic mass is 10.1. The lowest BCUT2D eigenvalue weighted by Gasteiger charge is -2.32. The maximum Gasteiger partial charge on any atom is 0.255 e. The summed E-state index contributed by atoms with van der Waals surface area (Å²) in [5.41, 5.74) is 0.631. The average molecular weight is 318 g/mol. The Morgan fingerprint density at radius 2 is 2.35 bits per heavy atom. The van der Waals surface area contributed by atoms with Crippen LogP contribution < -0.4 is 5.32 Å². The Balaban J connectivity index is 2.21. The molecule has 1 aromatic carbocycles. The molecule has 1 aromatic rings. The Hall–Kier alpha value is -0.580. The summed E-state index contributed by atoms with van der Waals surface area (Å²) in [5, 5.41) is 3.90. The monoisotopic (exact) mass is 316 g/mol. The topological polar surface area (TPSA) is 32.3 Å². The van der Waals surface area contributed by atoms with Crippen LogP contribution in [0, 0.1) is 0 Å². The fourth-order valence-electron chi connectivity index (χ4n) is 1.95. The molecule has 0 bridgehead atoms. The van der Waals surface area contributed by atoms with Crippen molar-refractivity contribution in [2.45, 2.75) is 13.0 Å². The summed E-state index contributed by atoms with van der Waals surface area (Å²) in [7, 11) is 0. The number of halogens is 2. The van der Waals surface area contributed by atoms with Crippen molar-refractivity contribution in [2.75, 3.05) is 19.6 Å². The number of rotatable bonds is 1. The highest BCUT2D eigenvalue weighted by atomic mass is 79.9. The molecule has 1 amide bonds. The number of nitrogens with one attached hydrogen (secondary N) is 1. The number of hydrogen-bond donors (Lipinski definition) is 1. The molecule has 0 spiro atoms.